The molecule has 2 saturated heterocycles. The second kappa shape index (κ2) is 9.19. The SMILES string of the molecule is CCc1nc2c(N)ncc(-c3cnn(C4CCN(C5CC5)CC4)c3)c2nc1N(I)[C@H]1CCOC1. The number of aromatic nitrogens is 5. The summed E-state index contributed by atoms with van der Waals surface area (Å²) in [5, 5.41) is 4.75. The van der Waals surface area contributed by atoms with E-state index in [2.05, 4.69) is 53.7 Å². The zero-order valence-electron chi connectivity index (χ0n) is 19.5. The molecule has 3 aliphatic rings. The molecule has 2 N–H and O–H groups in total. The van der Waals surface area contributed by atoms with E-state index in [0.29, 0.717) is 30.0 Å². The minimum absolute atomic E-state index is 0.296. The van der Waals surface area contributed by atoms with Crippen molar-refractivity contribution < 1.29 is 4.74 Å². The Morgan fingerprint density at radius 3 is 2.62 bits per heavy atom. The Kier molecular flexibility index (Phi) is 6.06. The number of hydrogen-bond donors (Lipinski definition) is 1. The molecule has 0 unspecified atom stereocenters. The van der Waals surface area contributed by atoms with Crippen LogP contribution < -0.4 is 8.85 Å². The van der Waals surface area contributed by atoms with Crippen molar-refractivity contribution in [2.45, 2.75) is 63.6 Å². The van der Waals surface area contributed by atoms with Crippen LogP contribution >= 0.6 is 22.9 Å². The molecule has 1 saturated carbocycles. The number of aryl methyl sites for hydroxylation is 1. The Morgan fingerprint density at radius 2 is 1.91 bits per heavy atom. The highest BCUT2D eigenvalue weighted by atomic mass is 127. The highest BCUT2D eigenvalue weighted by molar-refractivity contribution is 14.1. The Balaban J connectivity index is 1.34. The van der Waals surface area contributed by atoms with Crippen LogP contribution in [0.25, 0.3) is 22.2 Å². The van der Waals surface area contributed by atoms with Crippen LogP contribution in [0.1, 0.15) is 50.8 Å². The van der Waals surface area contributed by atoms with Gasteiger partial charge in [-0.05, 0) is 38.5 Å². The van der Waals surface area contributed by atoms with Gasteiger partial charge in [0.2, 0.25) is 0 Å². The van der Waals surface area contributed by atoms with Crippen LogP contribution in [0.15, 0.2) is 18.6 Å². The van der Waals surface area contributed by atoms with Crippen molar-refractivity contribution in [3.63, 3.8) is 0 Å². The number of rotatable bonds is 6. The van der Waals surface area contributed by atoms with Crippen LogP contribution in [0.2, 0.25) is 0 Å². The fraction of sp³-hybridized carbons (Fsp3) is 0.583. The van der Waals surface area contributed by atoms with Gasteiger partial charge in [-0.3, -0.25) is 7.80 Å². The van der Waals surface area contributed by atoms with E-state index in [9.17, 15) is 0 Å². The third-order valence-corrected chi connectivity index (χ3v) is 8.63. The molecule has 1 atom stereocenters. The van der Waals surface area contributed by atoms with Gasteiger partial charge in [0.05, 0.1) is 53.4 Å². The first-order chi connectivity index (χ1) is 16.6. The molecule has 0 bridgehead atoms. The number of pyridine rings is 1. The lowest BCUT2D eigenvalue weighted by Crippen LogP contribution is -2.36. The van der Waals surface area contributed by atoms with Gasteiger partial charge in [0, 0.05) is 49.3 Å². The van der Waals surface area contributed by atoms with Crippen LogP contribution in [0, 0.1) is 0 Å². The number of ether oxygens (including phenoxy) is 1. The summed E-state index contributed by atoms with van der Waals surface area (Å²) in [6.07, 6.45) is 12.7. The molecule has 3 aromatic heterocycles. The summed E-state index contributed by atoms with van der Waals surface area (Å²) < 4.78 is 9.94. The van der Waals surface area contributed by atoms with E-state index in [1.807, 2.05) is 12.4 Å². The number of nitrogens with two attached hydrogens (primary N) is 1. The molecule has 180 valence electrons. The summed E-state index contributed by atoms with van der Waals surface area (Å²) in [7, 11) is 0. The Morgan fingerprint density at radius 1 is 1.09 bits per heavy atom. The average molecular weight is 574 g/mol. The fourth-order valence-corrected chi connectivity index (χ4v) is 6.03. The summed E-state index contributed by atoms with van der Waals surface area (Å²) in [6, 6.07) is 1.58. The van der Waals surface area contributed by atoms with Crippen LogP contribution in [0.4, 0.5) is 11.6 Å². The molecule has 2 aliphatic heterocycles. The standard InChI is InChI=1S/C24H31IN8O/c1-2-20-24(33(25)18-7-10-34-14-18)30-21-19(12-27-23(26)22(21)29-20)15-11-28-32(13-15)17-5-8-31(9-6-17)16-3-4-16/h11-13,16-18H,2-10,14H2,1H3,(H2,26,27)/t18-/m0/s1. The van der Waals surface area contributed by atoms with Gasteiger partial charge < -0.3 is 15.4 Å². The van der Waals surface area contributed by atoms with Crippen molar-refractivity contribution >= 4 is 45.5 Å². The molecule has 1 aliphatic carbocycles. The van der Waals surface area contributed by atoms with E-state index >= 15 is 0 Å². The van der Waals surface area contributed by atoms with E-state index in [0.717, 1.165) is 66.5 Å². The van der Waals surface area contributed by atoms with Gasteiger partial charge in [0.25, 0.3) is 0 Å². The van der Waals surface area contributed by atoms with Crippen molar-refractivity contribution in [3.8, 4) is 11.1 Å². The molecule has 3 fully saturated rings. The van der Waals surface area contributed by atoms with E-state index < -0.39 is 0 Å². The molecule has 6 rings (SSSR count). The fourth-order valence-electron chi connectivity index (χ4n) is 5.21. The molecular weight excluding hydrogens is 543 g/mol. The van der Waals surface area contributed by atoms with Crippen molar-refractivity contribution in [1.29, 1.82) is 0 Å². The Bertz CT molecular complexity index is 1180. The summed E-state index contributed by atoms with van der Waals surface area (Å²) in [5.41, 5.74) is 10.6. The molecule has 9 nitrogen and oxygen atoms in total. The largest absolute Gasteiger partial charge is 0.382 e. The molecule has 0 radical (unpaired) electrons. The minimum Gasteiger partial charge on any atom is -0.382 e. The van der Waals surface area contributed by atoms with E-state index in [-0.39, 0.29) is 0 Å². The molecule has 0 spiro atoms. The lowest BCUT2D eigenvalue weighted by molar-refractivity contribution is 0.172. The lowest BCUT2D eigenvalue weighted by Gasteiger charge is -2.32. The second-order valence-corrected chi connectivity index (χ2v) is 10.7. The topological polar surface area (TPSA) is 98.2 Å². The first-order valence-corrected chi connectivity index (χ1v) is 13.3. The first kappa shape index (κ1) is 22.4. The lowest BCUT2D eigenvalue weighted by atomic mass is 10.0. The van der Waals surface area contributed by atoms with Gasteiger partial charge >= 0.3 is 0 Å². The molecule has 34 heavy (non-hydrogen) atoms. The quantitative estimate of drug-likeness (QED) is 0.351. The monoisotopic (exact) mass is 574 g/mol. The van der Waals surface area contributed by atoms with Gasteiger partial charge in [-0.1, -0.05) is 6.92 Å². The maximum atomic E-state index is 6.27. The summed E-state index contributed by atoms with van der Waals surface area (Å²) >= 11 is 2.35. The van der Waals surface area contributed by atoms with E-state index in [1.165, 1.54) is 25.9 Å². The molecule has 3 aromatic rings. The van der Waals surface area contributed by atoms with Crippen LogP contribution in [0.3, 0.4) is 0 Å². The summed E-state index contributed by atoms with van der Waals surface area (Å²) in [6.45, 7) is 5.93. The second-order valence-electron chi connectivity index (χ2n) is 9.64. The van der Waals surface area contributed by atoms with Crippen LogP contribution in [-0.4, -0.2) is 68.0 Å². The summed E-state index contributed by atoms with van der Waals surface area (Å²) in [5.74, 6) is 1.30. The minimum atomic E-state index is 0.296. The maximum absolute atomic E-state index is 6.27. The van der Waals surface area contributed by atoms with E-state index in [4.69, 9.17) is 25.5 Å². The smallest absolute Gasteiger partial charge is 0.160 e. The number of hydrogen-bond acceptors (Lipinski definition) is 8. The van der Waals surface area contributed by atoms with Crippen molar-refractivity contribution in [2.24, 2.45) is 0 Å². The molecule has 0 aromatic carbocycles. The highest BCUT2D eigenvalue weighted by Crippen LogP contribution is 2.36. The van der Waals surface area contributed by atoms with Gasteiger partial charge in [0.1, 0.15) is 11.0 Å². The zero-order chi connectivity index (χ0) is 23.2. The number of anilines is 2. The highest BCUT2D eigenvalue weighted by Gasteiger charge is 2.32. The predicted molar refractivity (Wildman–Crippen MR) is 141 cm³/mol. The number of nitrogens with zero attached hydrogens (tertiary/aromatic N) is 7. The Hall–Kier alpha value is -2.05. The predicted octanol–water partition coefficient (Wildman–Crippen LogP) is 3.78. The molecular formula is C24H31IN8O. The summed E-state index contributed by atoms with van der Waals surface area (Å²) in [4.78, 5) is 17.2. The number of likely N-dealkylation sites (tertiary alicyclic amines) is 1. The number of fused-ring (bicyclic) bond motifs is 1. The third-order valence-electron chi connectivity index (χ3n) is 7.39. The molecule has 0 amide bonds. The molecule has 10 heteroatoms. The Labute approximate surface area is 213 Å². The first-order valence-electron chi connectivity index (χ1n) is 12.4. The zero-order valence-corrected chi connectivity index (χ0v) is 21.7. The van der Waals surface area contributed by atoms with Crippen molar-refractivity contribution in [3.05, 3.63) is 24.3 Å². The van der Waals surface area contributed by atoms with Gasteiger partial charge in [-0.15, -0.1) is 0 Å². The molecule has 5 heterocycles. The van der Waals surface area contributed by atoms with Gasteiger partial charge in [0.15, 0.2) is 11.6 Å². The van der Waals surface area contributed by atoms with Gasteiger partial charge in [-0.25, -0.2) is 15.0 Å². The average Bonchev–Trinajstić information content (AvgIpc) is 3.35. The van der Waals surface area contributed by atoms with Crippen LogP contribution in [-0.2, 0) is 11.2 Å². The van der Waals surface area contributed by atoms with E-state index in [1.54, 1.807) is 0 Å². The van der Waals surface area contributed by atoms with Crippen molar-refractivity contribution in [2.75, 3.05) is 35.2 Å². The number of nitrogen functional groups attached to an aromatic ring is 1. The number of piperidine rings is 1. The third kappa shape index (κ3) is 4.13. The van der Waals surface area contributed by atoms with Crippen LogP contribution in [0.5, 0.6) is 0 Å². The maximum Gasteiger partial charge on any atom is 0.160 e. The number of halogens is 1. The normalized spacial score (nSPS) is 22.0. The van der Waals surface area contributed by atoms with Crippen molar-refractivity contribution in [1.82, 2.24) is 29.6 Å². The van der Waals surface area contributed by atoms with Gasteiger partial charge in [-0.2, -0.15) is 5.10 Å².